The van der Waals surface area contributed by atoms with Crippen molar-refractivity contribution >= 4 is 43.9 Å². The number of hydrogen-bond donors (Lipinski definition) is 1. The summed E-state index contributed by atoms with van der Waals surface area (Å²) < 4.78 is 12.2. The Morgan fingerprint density at radius 3 is 2.67 bits per heavy atom. The zero-order valence-corrected chi connectivity index (χ0v) is 13.0. The maximum Gasteiger partial charge on any atom is 0.328 e. The molecule has 0 unspecified atom stereocenters. The predicted molar refractivity (Wildman–Crippen MR) is 76.2 cm³/mol. The normalized spacial score (nSPS) is 10.7. The van der Waals surface area contributed by atoms with E-state index in [0.717, 1.165) is 10.5 Å². The molecule has 1 aromatic rings. The SMILES string of the molecule is CCOc1cc(Br)c(Br)c(/C=C/C(=O)O)c1OC. The third kappa shape index (κ3) is 3.49. The number of halogens is 2. The molecule has 0 aliphatic heterocycles. The number of carboxylic acids is 1. The van der Waals surface area contributed by atoms with Crippen LogP contribution in [0.15, 0.2) is 21.1 Å². The first-order valence-electron chi connectivity index (χ1n) is 5.11. The second-order valence-corrected chi connectivity index (χ2v) is 4.87. The quantitative estimate of drug-likeness (QED) is 0.792. The molecule has 0 aromatic heterocycles. The smallest absolute Gasteiger partial charge is 0.328 e. The molecule has 0 aliphatic rings. The summed E-state index contributed by atoms with van der Waals surface area (Å²) in [4.78, 5) is 10.6. The predicted octanol–water partition coefficient (Wildman–Crippen LogP) is 3.72. The van der Waals surface area contributed by atoms with Gasteiger partial charge in [0.15, 0.2) is 11.5 Å². The number of benzene rings is 1. The number of aliphatic carboxylic acids is 1. The van der Waals surface area contributed by atoms with Crippen LogP contribution in [0, 0.1) is 0 Å². The van der Waals surface area contributed by atoms with Gasteiger partial charge < -0.3 is 14.6 Å². The topological polar surface area (TPSA) is 55.8 Å². The highest BCUT2D eigenvalue weighted by atomic mass is 79.9. The van der Waals surface area contributed by atoms with Crippen molar-refractivity contribution in [1.29, 1.82) is 0 Å². The molecule has 0 amide bonds. The van der Waals surface area contributed by atoms with Crippen LogP contribution in [-0.4, -0.2) is 24.8 Å². The van der Waals surface area contributed by atoms with Crippen molar-refractivity contribution in [3.05, 3.63) is 26.7 Å². The number of hydrogen-bond acceptors (Lipinski definition) is 3. The fourth-order valence-electron chi connectivity index (χ4n) is 1.38. The molecule has 0 atom stereocenters. The first-order chi connectivity index (χ1) is 8.51. The summed E-state index contributed by atoms with van der Waals surface area (Å²) in [5.74, 6) is 0.0198. The second-order valence-electron chi connectivity index (χ2n) is 3.22. The maximum absolute atomic E-state index is 10.6. The van der Waals surface area contributed by atoms with Gasteiger partial charge in [0.2, 0.25) is 0 Å². The van der Waals surface area contributed by atoms with Crippen LogP contribution < -0.4 is 9.47 Å². The zero-order chi connectivity index (χ0) is 13.7. The maximum atomic E-state index is 10.6. The van der Waals surface area contributed by atoms with E-state index in [2.05, 4.69) is 31.9 Å². The lowest BCUT2D eigenvalue weighted by atomic mass is 10.1. The minimum atomic E-state index is -1.03. The van der Waals surface area contributed by atoms with Crippen LogP contribution in [0.3, 0.4) is 0 Å². The molecule has 0 saturated carbocycles. The lowest BCUT2D eigenvalue weighted by Gasteiger charge is -2.14. The molecule has 0 heterocycles. The van der Waals surface area contributed by atoms with E-state index in [1.54, 1.807) is 6.07 Å². The molecular formula is C12H12Br2O4. The molecule has 4 nitrogen and oxygen atoms in total. The Bertz CT molecular complexity index is 483. The number of ether oxygens (including phenoxy) is 2. The third-order valence-corrected chi connectivity index (χ3v) is 4.08. The zero-order valence-electron chi connectivity index (χ0n) is 9.87. The average Bonchev–Trinajstić information content (AvgIpc) is 2.31. The molecule has 0 bridgehead atoms. The van der Waals surface area contributed by atoms with Crippen LogP contribution in [0.4, 0.5) is 0 Å². The number of methoxy groups -OCH3 is 1. The molecule has 1 rings (SSSR count). The average molecular weight is 380 g/mol. The van der Waals surface area contributed by atoms with Gasteiger partial charge in [0.05, 0.1) is 13.7 Å². The lowest BCUT2D eigenvalue weighted by molar-refractivity contribution is -0.131. The molecule has 0 aliphatic carbocycles. The summed E-state index contributed by atoms with van der Waals surface area (Å²) >= 11 is 6.75. The third-order valence-electron chi connectivity index (χ3n) is 2.07. The lowest BCUT2D eigenvalue weighted by Crippen LogP contribution is -1.98. The molecule has 98 valence electrons. The van der Waals surface area contributed by atoms with Gasteiger partial charge >= 0.3 is 5.97 Å². The molecule has 6 heteroatoms. The first-order valence-corrected chi connectivity index (χ1v) is 6.69. The van der Waals surface area contributed by atoms with Gasteiger partial charge in [-0.15, -0.1) is 0 Å². The fraction of sp³-hybridized carbons (Fsp3) is 0.250. The standard InChI is InChI=1S/C12H12Br2O4/c1-3-18-9-6-8(13)11(14)7(12(9)17-2)4-5-10(15)16/h4-6H,3H2,1-2H3,(H,15,16)/b5-4+. The van der Waals surface area contributed by atoms with Gasteiger partial charge in [0, 0.05) is 20.6 Å². The molecule has 0 radical (unpaired) electrons. The summed E-state index contributed by atoms with van der Waals surface area (Å²) in [6, 6.07) is 1.77. The van der Waals surface area contributed by atoms with Gasteiger partial charge in [-0.3, -0.25) is 0 Å². The number of rotatable bonds is 5. The van der Waals surface area contributed by atoms with Crippen molar-refractivity contribution in [2.75, 3.05) is 13.7 Å². The Labute approximate surface area is 122 Å². The summed E-state index contributed by atoms with van der Waals surface area (Å²) in [5, 5.41) is 8.69. The first kappa shape index (κ1) is 15.0. The second kappa shape index (κ2) is 6.80. The van der Waals surface area contributed by atoms with E-state index in [9.17, 15) is 4.79 Å². The van der Waals surface area contributed by atoms with Gasteiger partial charge in [-0.05, 0) is 50.9 Å². The van der Waals surface area contributed by atoms with Crippen LogP contribution in [0.2, 0.25) is 0 Å². The Balaban J connectivity index is 3.39. The largest absolute Gasteiger partial charge is 0.492 e. The molecule has 1 N–H and O–H groups in total. The van der Waals surface area contributed by atoms with E-state index in [4.69, 9.17) is 14.6 Å². The van der Waals surface area contributed by atoms with Gasteiger partial charge in [0.25, 0.3) is 0 Å². The number of carboxylic acid groups (broad SMARTS) is 1. The van der Waals surface area contributed by atoms with E-state index in [1.807, 2.05) is 6.92 Å². The molecule has 18 heavy (non-hydrogen) atoms. The Morgan fingerprint density at radius 1 is 1.50 bits per heavy atom. The minimum Gasteiger partial charge on any atom is -0.492 e. The van der Waals surface area contributed by atoms with Crippen molar-refractivity contribution in [3.63, 3.8) is 0 Å². The summed E-state index contributed by atoms with van der Waals surface area (Å²) in [6.45, 7) is 2.36. The van der Waals surface area contributed by atoms with Crippen LogP contribution in [0.25, 0.3) is 6.08 Å². The van der Waals surface area contributed by atoms with Crippen molar-refractivity contribution in [2.45, 2.75) is 6.92 Å². The summed E-state index contributed by atoms with van der Waals surface area (Å²) in [6.07, 6.45) is 2.50. The highest BCUT2D eigenvalue weighted by Crippen LogP contribution is 2.42. The van der Waals surface area contributed by atoms with E-state index in [1.165, 1.54) is 13.2 Å². The van der Waals surface area contributed by atoms with Crippen LogP contribution in [0.1, 0.15) is 12.5 Å². The Hall–Kier alpha value is -1.01. The van der Waals surface area contributed by atoms with E-state index < -0.39 is 5.97 Å². The van der Waals surface area contributed by atoms with Crippen LogP contribution in [-0.2, 0) is 4.79 Å². The van der Waals surface area contributed by atoms with Crippen molar-refractivity contribution in [2.24, 2.45) is 0 Å². The van der Waals surface area contributed by atoms with Gasteiger partial charge in [-0.25, -0.2) is 4.79 Å². The fourth-order valence-corrected chi connectivity index (χ4v) is 2.23. The van der Waals surface area contributed by atoms with Gasteiger partial charge in [-0.1, -0.05) is 0 Å². The highest BCUT2D eigenvalue weighted by Gasteiger charge is 2.15. The van der Waals surface area contributed by atoms with Gasteiger partial charge in [-0.2, -0.15) is 0 Å². The van der Waals surface area contributed by atoms with Gasteiger partial charge in [0.1, 0.15) is 0 Å². The molecule has 0 saturated heterocycles. The Kier molecular flexibility index (Phi) is 5.68. The minimum absolute atomic E-state index is 0.490. The van der Waals surface area contributed by atoms with E-state index >= 15 is 0 Å². The summed E-state index contributed by atoms with van der Waals surface area (Å²) in [5.41, 5.74) is 0.609. The van der Waals surface area contributed by atoms with Crippen molar-refractivity contribution < 1.29 is 19.4 Å². The van der Waals surface area contributed by atoms with Crippen molar-refractivity contribution in [1.82, 2.24) is 0 Å². The molecule has 0 fully saturated rings. The van der Waals surface area contributed by atoms with Crippen LogP contribution >= 0.6 is 31.9 Å². The van der Waals surface area contributed by atoms with E-state index in [-0.39, 0.29) is 0 Å². The molecule has 0 spiro atoms. The van der Waals surface area contributed by atoms with E-state index in [0.29, 0.717) is 28.1 Å². The number of carbonyl (C=O) groups is 1. The summed E-state index contributed by atoms with van der Waals surface area (Å²) in [7, 11) is 1.51. The Morgan fingerprint density at radius 2 is 2.17 bits per heavy atom. The molecule has 1 aromatic carbocycles. The molecular weight excluding hydrogens is 368 g/mol. The highest BCUT2D eigenvalue weighted by molar-refractivity contribution is 9.13. The van der Waals surface area contributed by atoms with Crippen LogP contribution in [0.5, 0.6) is 11.5 Å². The van der Waals surface area contributed by atoms with Crippen molar-refractivity contribution in [3.8, 4) is 11.5 Å². The monoisotopic (exact) mass is 378 g/mol.